The minimum absolute atomic E-state index is 0.0424. The van der Waals surface area contributed by atoms with Crippen molar-refractivity contribution in [3.05, 3.63) is 96.2 Å². The molecule has 0 spiro atoms. The van der Waals surface area contributed by atoms with Gasteiger partial charge in [-0.3, -0.25) is 9.69 Å². The number of aldehydes is 1. The second-order valence-corrected chi connectivity index (χ2v) is 10.3. The van der Waals surface area contributed by atoms with Gasteiger partial charge in [0.05, 0.1) is 11.7 Å². The standard InChI is InChI=1S/C32H31N3O3/c36-22-24-9-11-29-27(19-24)14-18-34(29)15-4-5-23-8-10-28(25-6-2-1-3-7-25)30(20-23)35(32(37)38)31-21-33-16-12-26(31)13-17-33/h1-11,14,18-20,22,26,31H,12-13,15-17,21H2,(H,37,38)/b5-4+/t31-/m0/s1. The summed E-state index contributed by atoms with van der Waals surface area (Å²) in [6.07, 6.45) is 8.24. The van der Waals surface area contributed by atoms with Crippen LogP contribution in [0.3, 0.4) is 0 Å². The maximum absolute atomic E-state index is 12.8. The van der Waals surface area contributed by atoms with E-state index in [1.165, 1.54) is 0 Å². The Labute approximate surface area is 222 Å². The summed E-state index contributed by atoms with van der Waals surface area (Å²) < 4.78 is 2.14. The van der Waals surface area contributed by atoms with Crippen LogP contribution < -0.4 is 4.90 Å². The maximum atomic E-state index is 12.8. The quantitative estimate of drug-likeness (QED) is 0.295. The first kappa shape index (κ1) is 24.2. The molecular weight excluding hydrogens is 474 g/mol. The highest BCUT2D eigenvalue weighted by Gasteiger charge is 2.40. The molecule has 0 unspecified atom stereocenters. The molecule has 1 amide bonds. The average molecular weight is 506 g/mol. The summed E-state index contributed by atoms with van der Waals surface area (Å²) in [5.74, 6) is 0.390. The highest BCUT2D eigenvalue weighted by molar-refractivity contribution is 5.94. The molecule has 7 rings (SSSR count). The van der Waals surface area contributed by atoms with E-state index in [-0.39, 0.29) is 6.04 Å². The smallest absolute Gasteiger partial charge is 0.412 e. The Morgan fingerprint density at radius 1 is 0.974 bits per heavy atom. The number of anilines is 1. The van der Waals surface area contributed by atoms with E-state index in [9.17, 15) is 14.7 Å². The number of carbonyl (C=O) groups excluding carboxylic acids is 1. The Balaban J connectivity index is 1.34. The molecule has 6 heteroatoms. The Bertz CT molecular complexity index is 1500. The van der Waals surface area contributed by atoms with Crippen molar-refractivity contribution >= 4 is 35.0 Å². The van der Waals surface area contributed by atoms with Crippen molar-refractivity contribution in [1.82, 2.24) is 9.47 Å². The average Bonchev–Trinajstić information content (AvgIpc) is 3.36. The van der Waals surface area contributed by atoms with E-state index >= 15 is 0 Å². The number of nitrogens with zero attached hydrogens (tertiary/aromatic N) is 3. The first-order chi connectivity index (χ1) is 18.6. The van der Waals surface area contributed by atoms with Gasteiger partial charge >= 0.3 is 6.09 Å². The van der Waals surface area contributed by atoms with Crippen LogP contribution in [0.4, 0.5) is 10.5 Å². The fourth-order valence-electron chi connectivity index (χ4n) is 6.12. The molecule has 4 aromatic rings. The number of carbonyl (C=O) groups is 2. The molecule has 0 aliphatic carbocycles. The lowest BCUT2D eigenvalue weighted by Gasteiger charge is -2.48. The molecule has 3 saturated heterocycles. The summed E-state index contributed by atoms with van der Waals surface area (Å²) in [6.45, 7) is 3.58. The van der Waals surface area contributed by atoms with Crippen molar-refractivity contribution in [3.8, 4) is 11.1 Å². The largest absolute Gasteiger partial charge is 0.465 e. The molecule has 1 aromatic heterocycles. The predicted molar refractivity (Wildman–Crippen MR) is 152 cm³/mol. The molecule has 3 fully saturated rings. The van der Waals surface area contributed by atoms with E-state index in [1.54, 1.807) is 4.90 Å². The summed E-state index contributed by atoms with van der Waals surface area (Å²) in [6, 6.07) is 23.8. The SMILES string of the molecule is O=Cc1ccc2c(ccn2C/C=C/c2ccc(-c3ccccc3)c(N(C(=O)O)[C@H]3CN4CCC3CC4)c2)c1. The molecule has 1 atom stereocenters. The lowest BCUT2D eigenvalue weighted by Crippen LogP contribution is -2.59. The topological polar surface area (TPSA) is 65.8 Å². The molecule has 1 N–H and O–H groups in total. The van der Waals surface area contributed by atoms with Crippen LogP contribution in [-0.2, 0) is 6.54 Å². The van der Waals surface area contributed by atoms with E-state index in [0.717, 1.165) is 72.0 Å². The minimum atomic E-state index is -0.893. The predicted octanol–water partition coefficient (Wildman–Crippen LogP) is 6.41. The van der Waals surface area contributed by atoms with Crippen LogP contribution in [-0.4, -0.2) is 52.6 Å². The van der Waals surface area contributed by atoms with Crippen LogP contribution >= 0.6 is 0 Å². The van der Waals surface area contributed by atoms with Crippen LogP contribution in [0.2, 0.25) is 0 Å². The number of piperidine rings is 3. The Kier molecular flexibility index (Phi) is 6.56. The lowest BCUT2D eigenvalue weighted by atomic mass is 9.82. The third kappa shape index (κ3) is 4.63. The second kappa shape index (κ2) is 10.3. The number of fused-ring (bicyclic) bond motifs is 4. The number of hydrogen-bond donors (Lipinski definition) is 1. The fourth-order valence-corrected chi connectivity index (χ4v) is 6.12. The summed E-state index contributed by atoms with van der Waals surface area (Å²) in [5.41, 5.74) is 5.40. The normalized spacial score (nSPS) is 20.7. The molecule has 3 aromatic carbocycles. The number of carboxylic acid groups (broad SMARTS) is 1. The van der Waals surface area contributed by atoms with Gasteiger partial charge in [-0.15, -0.1) is 0 Å². The number of rotatable bonds is 7. The monoisotopic (exact) mass is 505 g/mol. The summed E-state index contributed by atoms with van der Waals surface area (Å²) in [4.78, 5) is 27.9. The molecule has 0 saturated carbocycles. The van der Waals surface area contributed by atoms with Crippen LogP contribution in [0.5, 0.6) is 0 Å². The Morgan fingerprint density at radius 2 is 1.76 bits per heavy atom. The van der Waals surface area contributed by atoms with Crippen molar-refractivity contribution in [2.45, 2.75) is 25.4 Å². The van der Waals surface area contributed by atoms with Gasteiger partial charge in [0, 0.05) is 41.3 Å². The summed E-state index contributed by atoms with van der Waals surface area (Å²) >= 11 is 0. The van der Waals surface area contributed by atoms with Crippen molar-refractivity contribution < 1.29 is 14.7 Å². The van der Waals surface area contributed by atoms with E-state index in [0.29, 0.717) is 18.0 Å². The zero-order valence-electron chi connectivity index (χ0n) is 21.2. The van der Waals surface area contributed by atoms with Gasteiger partial charge in [0.25, 0.3) is 0 Å². The van der Waals surface area contributed by atoms with Gasteiger partial charge < -0.3 is 14.6 Å². The Morgan fingerprint density at radius 3 is 2.47 bits per heavy atom. The van der Waals surface area contributed by atoms with Crippen molar-refractivity contribution in [3.63, 3.8) is 0 Å². The molecular formula is C32H31N3O3. The number of benzene rings is 3. The number of allylic oxidation sites excluding steroid dienone is 1. The van der Waals surface area contributed by atoms with E-state index in [2.05, 4.69) is 27.7 Å². The first-order valence-electron chi connectivity index (χ1n) is 13.3. The number of hydrogen-bond acceptors (Lipinski definition) is 3. The van der Waals surface area contributed by atoms with Gasteiger partial charge in [0.15, 0.2) is 0 Å². The van der Waals surface area contributed by atoms with Gasteiger partial charge in [-0.2, -0.15) is 0 Å². The van der Waals surface area contributed by atoms with Crippen LogP contribution in [0.15, 0.2) is 85.1 Å². The van der Waals surface area contributed by atoms with E-state index in [1.807, 2.05) is 72.9 Å². The van der Waals surface area contributed by atoms with Gasteiger partial charge in [-0.1, -0.05) is 54.6 Å². The fraction of sp³-hybridized carbons (Fsp3) is 0.250. The zero-order valence-corrected chi connectivity index (χ0v) is 21.2. The highest BCUT2D eigenvalue weighted by atomic mass is 16.4. The molecule has 4 heterocycles. The molecule has 0 radical (unpaired) electrons. The van der Waals surface area contributed by atoms with Crippen molar-refractivity contribution in [1.29, 1.82) is 0 Å². The lowest BCUT2D eigenvalue weighted by molar-refractivity contribution is 0.0838. The third-order valence-corrected chi connectivity index (χ3v) is 8.07. The molecule has 192 valence electrons. The number of amides is 1. The molecule has 2 bridgehead atoms. The molecule has 38 heavy (non-hydrogen) atoms. The summed E-state index contributed by atoms with van der Waals surface area (Å²) in [7, 11) is 0. The van der Waals surface area contributed by atoms with Crippen LogP contribution in [0.25, 0.3) is 28.1 Å². The number of aromatic nitrogens is 1. The second-order valence-electron chi connectivity index (χ2n) is 10.3. The zero-order chi connectivity index (χ0) is 26.1. The van der Waals surface area contributed by atoms with Crippen LogP contribution in [0, 0.1) is 5.92 Å². The molecule has 3 aliphatic heterocycles. The van der Waals surface area contributed by atoms with Gasteiger partial charge in [-0.05, 0) is 73.3 Å². The molecule has 3 aliphatic rings. The van der Waals surface area contributed by atoms with Gasteiger partial charge in [0.1, 0.15) is 6.29 Å². The Hall–Kier alpha value is -4.16. The van der Waals surface area contributed by atoms with E-state index < -0.39 is 6.09 Å². The maximum Gasteiger partial charge on any atom is 0.412 e. The molecule has 6 nitrogen and oxygen atoms in total. The first-order valence-corrected chi connectivity index (χ1v) is 13.3. The van der Waals surface area contributed by atoms with Crippen molar-refractivity contribution in [2.75, 3.05) is 24.5 Å². The minimum Gasteiger partial charge on any atom is -0.465 e. The van der Waals surface area contributed by atoms with Gasteiger partial charge in [0.2, 0.25) is 0 Å². The van der Waals surface area contributed by atoms with Gasteiger partial charge in [-0.25, -0.2) is 4.79 Å². The highest BCUT2D eigenvalue weighted by Crippen LogP contribution is 2.39. The van der Waals surface area contributed by atoms with E-state index in [4.69, 9.17) is 0 Å². The van der Waals surface area contributed by atoms with Crippen LogP contribution in [0.1, 0.15) is 28.8 Å². The van der Waals surface area contributed by atoms with Crippen molar-refractivity contribution in [2.24, 2.45) is 5.92 Å². The summed E-state index contributed by atoms with van der Waals surface area (Å²) in [5, 5.41) is 11.5. The third-order valence-electron chi connectivity index (χ3n) is 8.07.